The van der Waals surface area contributed by atoms with E-state index in [2.05, 4.69) is 71.4 Å². The predicted octanol–water partition coefficient (Wildman–Crippen LogP) is 13.0. The van der Waals surface area contributed by atoms with Gasteiger partial charge in [0.25, 0.3) is 0 Å². The summed E-state index contributed by atoms with van der Waals surface area (Å²) in [5.41, 5.74) is 9.15. The number of fused-ring (bicyclic) bond motifs is 6. The van der Waals surface area contributed by atoms with Gasteiger partial charge in [-0.15, -0.1) is 0 Å². The van der Waals surface area contributed by atoms with Crippen LogP contribution in [-0.2, 0) is 23.7 Å². The van der Waals surface area contributed by atoms with Crippen molar-refractivity contribution in [1.82, 2.24) is 16.0 Å². The molecule has 2 aliphatic rings. The molecule has 4 aromatic rings. The molecule has 1 atom stereocenters. The van der Waals surface area contributed by atoms with Gasteiger partial charge in [0, 0.05) is 24.9 Å². The van der Waals surface area contributed by atoms with Gasteiger partial charge in [0.05, 0.1) is 13.2 Å². The normalized spacial score (nSPS) is 13.0. The summed E-state index contributed by atoms with van der Waals surface area (Å²) < 4.78 is 22.8. The van der Waals surface area contributed by atoms with Gasteiger partial charge in [-0.2, -0.15) is 0 Å². The smallest absolute Gasteiger partial charge is 0.407 e. The number of amides is 2. The lowest BCUT2D eigenvalue weighted by Crippen LogP contribution is -2.43. The predicted molar refractivity (Wildman–Crippen MR) is 273 cm³/mol. The summed E-state index contributed by atoms with van der Waals surface area (Å²) in [6.07, 6.45) is 22.1. The average Bonchev–Trinajstić information content (AvgIpc) is 3.86. The second kappa shape index (κ2) is 30.3. The Morgan fingerprint density at radius 1 is 0.456 bits per heavy atom. The van der Waals surface area contributed by atoms with Crippen molar-refractivity contribution in [1.29, 1.82) is 0 Å². The molecule has 0 aliphatic heterocycles. The summed E-state index contributed by atoms with van der Waals surface area (Å²) in [7, 11) is 0. The van der Waals surface area contributed by atoms with Crippen LogP contribution in [0.15, 0.2) is 97.1 Å². The van der Waals surface area contributed by atoms with Crippen molar-refractivity contribution in [2.45, 2.75) is 147 Å². The summed E-state index contributed by atoms with van der Waals surface area (Å²) in [4.78, 5) is 39.5. The number of carbonyl (C=O) groups is 3. The Kier molecular flexibility index (Phi) is 23.3. The molecule has 3 N–H and O–H groups in total. The minimum Gasteiger partial charge on any atom is -0.462 e. The first-order chi connectivity index (χ1) is 33.5. The van der Waals surface area contributed by atoms with Crippen molar-refractivity contribution >= 4 is 18.2 Å². The first-order valence-electron chi connectivity index (χ1n) is 26.2. The molecule has 4 aromatic carbocycles. The van der Waals surface area contributed by atoms with Crippen LogP contribution in [0.4, 0.5) is 9.59 Å². The fourth-order valence-electron chi connectivity index (χ4n) is 9.82. The Balaban J connectivity index is 0.840. The first-order valence-corrected chi connectivity index (χ1v) is 26.2. The topological polar surface area (TPSA) is 124 Å². The van der Waals surface area contributed by atoms with Crippen molar-refractivity contribution in [3.63, 3.8) is 0 Å². The Morgan fingerprint density at radius 3 is 1.37 bits per heavy atom. The van der Waals surface area contributed by atoms with Crippen molar-refractivity contribution in [2.24, 2.45) is 0 Å². The van der Waals surface area contributed by atoms with E-state index in [0.29, 0.717) is 32.4 Å². The maximum absolute atomic E-state index is 13.4. The summed E-state index contributed by atoms with van der Waals surface area (Å²) in [5, 5.41) is 9.08. The molecule has 0 saturated heterocycles. The molecule has 0 bridgehead atoms. The minimum absolute atomic E-state index is 0.0237. The van der Waals surface area contributed by atoms with Crippen molar-refractivity contribution < 1.29 is 33.3 Å². The van der Waals surface area contributed by atoms with Crippen LogP contribution in [0.1, 0.15) is 163 Å². The standard InChI is InChI=1S/C58H79N3O7/c1-2-3-4-5-6-7-8-9-10-11-12-13-14-15-16-26-37-59-39-40-65-41-42-66-56(62)55(61-58(64)68-44-54-51-34-23-19-30-47(51)48-31-20-24-35-52(48)54)36-25-27-38-60-57(63)67-43-53-49-32-21-17-28-45(49)46-29-18-22-33-50(46)53/h17-24,28-35,53-55,59H,2-16,25-27,36-44H2,1H3,(H,60,63)(H,61,64). The van der Waals surface area contributed by atoms with Crippen molar-refractivity contribution in [3.05, 3.63) is 119 Å². The molecule has 368 valence electrons. The zero-order valence-corrected chi connectivity index (χ0v) is 40.9. The number of benzene rings is 4. The van der Waals surface area contributed by atoms with Crippen LogP contribution in [0.25, 0.3) is 22.3 Å². The first kappa shape index (κ1) is 52.2. The van der Waals surface area contributed by atoms with Gasteiger partial charge < -0.3 is 34.9 Å². The molecule has 0 aromatic heterocycles. The number of unbranched alkanes of at least 4 members (excludes halogenated alkanes) is 16. The summed E-state index contributed by atoms with van der Waals surface area (Å²) in [5.74, 6) is -0.680. The molecule has 0 saturated carbocycles. The van der Waals surface area contributed by atoms with Gasteiger partial charge in [-0.05, 0) is 76.7 Å². The monoisotopic (exact) mass is 930 g/mol. The Morgan fingerprint density at radius 2 is 0.882 bits per heavy atom. The van der Waals surface area contributed by atoms with Gasteiger partial charge in [0.1, 0.15) is 25.9 Å². The van der Waals surface area contributed by atoms with Crippen LogP contribution < -0.4 is 16.0 Å². The lowest BCUT2D eigenvalue weighted by atomic mass is 9.98. The highest BCUT2D eigenvalue weighted by molar-refractivity contribution is 5.82. The van der Waals surface area contributed by atoms with E-state index in [0.717, 1.165) is 46.5 Å². The van der Waals surface area contributed by atoms with Crippen LogP contribution >= 0.6 is 0 Å². The van der Waals surface area contributed by atoms with Gasteiger partial charge in [-0.3, -0.25) is 0 Å². The average molecular weight is 930 g/mol. The molecule has 0 spiro atoms. The van der Waals surface area contributed by atoms with E-state index < -0.39 is 24.2 Å². The summed E-state index contributed by atoms with van der Waals surface area (Å²) >= 11 is 0. The quantitative estimate of drug-likeness (QED) is 0.0240. The van der Waals surface area contributed by atoms with Crippen molar-refractivity contribution in [3.8, 4) is 22.3 Å². The third kappa shape index (κ3) is 16.8. The number of esters is 1. The zero-order chi connectivity index (χ0) is 47.4. The van der Waals surface area contributed by atoms with E-state index in [1.807, 2.05) is 48.5 Å². The fraction of sp³-hybridized carbons (Fsp3) is 0.534. The number of rotatable bonds is 34. The van der Waals surface area contributed by atoms with E-state index in [1.54, 1.807) is 0 Å². The Labute approximate surface area is 407 Å². The maximum atomic E-state index is 13.4. The van der Waals surface area contributed by atoms with Crippen LogP contribution in [-0.4, -0.2) is 76.9 Å². The Bertz CT molecular complexity index is 2020. The van der Waals surface area contributed by atoms with Gasteiger partial charge in [-0.1, -0.05) is 200 Å². The summed E-state index contributed by atoms with van der Waals surface area (Å²) in [6, 6.07) is 31.9. The highest BCUT2D eigenvalue weighted by Gasteiger charge is 2.31. The van der Waals surface area contributed by atoms with E-state index in [9.17, 15) is 14.4 Å². The van der Waals surface area contributed by atoms with Crippen LogP contribution in [0.3, 0.4) is 0 Å². The van der Waals surface area contributed by atoms with E-state index in [-0.39, 0.29) is 38.3 Å². The second-order valence-electron chi connectivity index (χ2n) is 18.6. The van der Waals surface area contributed by atoms with Gasteiger partial charge in [-0.25, -0.2) is 14.4 Å². The molecule has 10 nitrogen and oxygen atoms in total. The SMILES string of the molecule is CCCCCCCCCCCCCCCCCCNCCOCCOC(=O)C(CCCCNC(=O)OCC1c2ccccc2-c2ccccc21)NC(=O)OCC1c2ccccc2-c2ccccc21. The number of alkyl carbamates (subject to hydrolysis) is 2. The zero-order valence-electron chi connectivity index (χ0n) is 40.9. The molecule has 0 heterocycles. The largest absolute Gasteiger partial charge is 0.462 e. The lowest BCUT2D eigenvalue weighted by molar-refractivity contribution is -0.147. The highest BCUT2D eigenvalue weighted by atomic mass is 16.6. The van der Waals surface area contributed by atoms with Gasteiger partial charge in [0.15, 0.2) is 0 Å². The molecule has 2 amide bonds. The minimum atomic E-state index is -0.929. The fourth-order valence-corrected chi connectivity index (χ4v) is 9.82. The second-order valence-corrected chi connectivity index (χ2v) is 18.6. The van der Waals surface area contributed by atoms with Crippen LogP contribution in [0.5, 0.6) is 0 Å². The lowest BCUT2D eigenvalue weighted by Gasteiger charge is -2.19. The third-order valence-electron chi connectivity index (χ3n) is 13.6. The van der Waals surface area contributed by atoms with Crippen molar-refractivity contribution in [2.75, 3.05) is 52.7 Å². The highest BCUT2D eigenvalue weighted by Crippen LogP contribution is 2.45. The van der Waals surface area contributed by atoms with Gasteiger partial charge in [0.2, 0.25) is 0 Å². The molecule has 68 heavy (non-hydrogen) atoms. The van der Waals surface area contributed by atoms with E-state index in [1.165, 1.54) is 114 Å². The summed E-state index contributed by atoms with van der Waals surface area (Å²) in [6.45, 7) is 5.56. The maximum Gasteiger partial charge on any atom is 0.407 e. The molecular weight excluding hydrogens is 851 g/mol. The number of nitrogens with one attached hydrogen (secondary N) is 3. The van der Waals surface area contributed by atoms with E-state index in [4.69, 9.17) is 18.9 Å². The number of ether oxygens (including phenoxy) is 4. The molecule has 10 heteroatoms. The number of hydrogen-bond donors (Lipinski definition) is 3. The molecule has 2 aliphatic carbocycles. The van der Waals surface area contributed by atoms with E-state index >= 15 is 0 Å². The van der Waals surface area contributed by atoms with Crippen LogP contribution in [0.2, 0.25) is 0 Å². The molecular formula is C58H79N3O7. The molecule has 0 radical (unpaired) electrons. The molecule has 1 unspecified atom stereocenters. The van der Waals surface area contributed by atoms with Gasteiger partial charge >= 0.3 is 18.2 Å². The van der Waals surface area contributed by atoms with Crippen LogP contribution in [0, 0.1) is 0 Å². The Hall–Kier alpha value is -5.19. The number of carbonyl (C=O) groups excluding carboxylic acids is 3. The molecule has 6 rings (SSSR count). The molecule has 0 fully saturated rings. The number of hydrogen-bond acceptors (Lipinski definition) is 8. The third-order valence-corrected chi connectivity index (χ3v) is 13.6.